The first-order valence-electron chi connectivity index (χ1n) is 15.0. The molecular formula is C37H38N2O4. The highest BCUT2D eigenvalue weighted by Gasteiger charge is 2.52. The lowest BCUT2D eigenvalue weighted by Crippen LogP contribution is -2.31. The molecule has 0 radical (unpaired) electrons. The van der Waals surface area contributed by atoms with Gasteiger partial charge in [-0.2, -0.15) is 0 Å². The Morgan fingerprint density at radius 2 is 1.58 bits per heavy atom. The number of rotatable bonds is 10. The van der Waals surface area contributed by atoms with Crippen LogP contribution in [0.4, 0.5) is 5.69 Å². The van der Waals surface area contributed by atoms with Gasteiger partial charge in [0.05, 0.1) is 12.7 Å². The van der Waals surface area contributed by atoms with E-state index in [9.17, 15) is 4.79 Å². The van der Waals surface area contributed by atoms with Gasteiger partial charge in [-0.1, -0.05) is 48.5 Å². The number of nitrogens with zero attached hydrogens (tertiary/aromatic N) is 2. The standard InChI is InChI=1S/C37H38N2O4/c1-6-38(7-2)27-19-22-32(34(23-27)42-24-26-17-20-28(41-5)21-18-26)37(31-15-11-9-13-29(31)36(40)43-37)35-25(4)39(8-3)33-16-12-10-14-30(33)35/h9-23H,6-8,24H2,1-5H3. The van der Waals surface area contributed by atoms with Crippen LogP contribution in [0.2, 0.25) is 0 Å². The van der Waals surface area contributed by atoms with Gasteiger partial charge in [-0.25, -0.2) is 4.79 Å². The van der Waals surface area contributed by atoms with Crippen molar-refractivity contribution in [2.24, 2.45) is 0 Å². The van der Waals surface area contributed by atoms with E-state index in [1.165, 1.54) is 0 Å². The van der Waals surface area contributed by atoms with Crippen LogP contribution in [-0.4, -0.2) is 30.7 Å². The normalized spacial score (nSPS) is 15.8. The lowest BCUT2D eigenvalue weighted by atomic mass is 9.78. The van der Waals surface area contributed by atoms with E-state index in [-0.39, 0.29) is 5.97 Å². The van der Waals surface area contributed by atoms with Crippen molar-refractivity contribution in [1.82, 2.24) is 4.57 Å². The number of para-hydroxylation sites is 1. The van der Waals surface area contributed by atoms with Crippen molar-refractivity contribution in [2.75, 3.05) is 25.1 Å². The Hall–Kier alpha value is -4.71. The molecule has 4 aromatic carbocycles. The molecule has 43 heavy (non-hydrogen) atoms. The van der Waals surface area contributed by atoms with Crippen LogP contribution in [0.5, 0.6) is 11.5 Å². The summed E-state index contributed by atoms with van der Waals surface area (Å²) in [6.45, 7) is 11.4. The molecule has 1 unspecified atom stereocenters. The molecule has 0 N–H and O–H groups in total. The number of carbonyl (C=O) groups is 1. The molecule has 1 atom stereocenters. The SMILES string of the molecule is CCN(CC)c1ccc(C2(c3c(C)n(CC)c4ccccc34)OC(=O)c3ccccc32)c(OCc2ccc(OC)cc2)c1. The number of anilines is 1. The average molecular weight is 575 g/mol. The van der Waals surface area contributed by atoms with Gasteiger partial charge in [0.1, 0.15) is 18.1 Å². The molecule has 6 nitrogen and oxygen atoms in total. The summed E-state index contributed by atoms with van der Waals surface area (Å²) < 4.78 is 21.0. The summed E-state index contributed by atoms with van der Waals surface area (Å²) in [6, 6.07) is 30.3. The zero-order valence-corrected chi connectivity index (χ0v) is 25.5. The molecule has 6 rings (SSSR count). The summed E-state index contributed by atoms with van der Waals surface area (Å²) in [4.78, 5) is 16.0. The zero-order chi connectivity index (χ0) is 30.1. The number of hydrogen-bond donors (Lipinski definition) is 0. The minimum atomic E-state index is -1.20. The van der Waals surface area contributed by atoms with Gasteiger partial charge in [-0.3, -0.25) is 0 Å². The largest absolute Gasteiger partial charge is 0.497 e. The summed E-state index contributed by atoms with van der Waals surface area (Å²) in [7, 11) is 1.66. The van der Waals surface area contributed by atoms with Crippen LogP contribution in [0, 0.1) is 6.92 Å². The quantitative estimate of drug-likeness (QED) is 0.159. The van der Waals surface area contributed by atoms with Crippen LogP contribution < -0.4 is 14.4 Å². The van der Waals surface area contributed by atoms with E-state index in [4.69, 9.17) is 14.2 Å². The number of fused-ring (bicyclic) bond motifs is 2. The van der Waals surface area contributed by atoms with Crippen LogP contribution >= 0.6 is 0 Å². The molecule has 2 heterocycles. The van der Waals surface area contributed by atoms with E-state index < -0.39 is 5.60 Å². The fourth-order valence-electron chi connectivity index (χ4n) is 6.61. The van der Waals surface area contributed by atoms with E-state index in [1.807, 2.05) is 54.6 Å². The number of aryl methyl sites for hydroxylation is 1. The number of methoxy groups -OCH3 is 1. The maximum absolute atomic E-state index is 13.7. The number of carbonyl (C=O) groups excluding carboxylic acids is 1. The van der Waals surface area contributed by atoms with Gasteiger partial charge in [-0.15, -0.1) is 0 Å². The van der Waals surface area contributed by atoms with E-state index >= 15 is 0 Å². The number of aromatic nitrogens is 1. The molecule has 5 aromatic rings. The Morgan fingerprint density at radius 3 is 2.30 bits per heavy atom. The molecule has 0 saturated carbocycles. The van der Waals surface area contributed by atoms with Crippen LogP contribution in [0.1, 0.15) is 59.1 Å². The minimum absolute atomic E-state index is 0.336. The van der Waals surface area contributed by atoms with Gasteiger partial charge >= 0.3 is 5.97 Å². The number of benzene rings is 4. The number of hydrogen-bond acceptors (Lipinski definition) is 5. The molecule has 1 aliphatic rings. The summed E-state index contributed by atoms with van der Waals surface area (Å²) in [6.07, 6.45) is 0. The third-order valence-electron chi connectivity index (χ3n) is 8.70. The minimum Gasteiger partial charge on any atom is -0.497 e. The molecule has 0 amide bonds. The van der Waals surface area contributed by atoms with Gasteiger partial charge in [0, 0.05) is 64.7 Å². The fourth-order valence-corrected chi connectivity index (χ4v) is 6.61. The third-order valence-corrected chi connectivity index (χ3v) is 8.70. The monoisotopic (exact) mass is 574 g/mol. The third kappa shape index (κ3) is 4.62. The first-order chi connectivity index (χ1) is 21.0. The van der Waals surface area contributed by atoms with Crippen LogP contribution in [-0.2, 0) is 23.5 Å². The van der Waals surface area contributed by atoms with Crippen molar-refractivity contribution >= 4 is 22.6 Å². The van der Waals surface area contributed by atoms with Gasteiger partial charge in [0.15, 0.2) is 5.60 Å². The Labute approximate surface area is 253 Å². The highest BCUT2D eigenvalue weighted by molar-refractivity contribution is 5.99. The predicted molar refractivity (Wildman–Crippen MR) is 171 cm³/mol. The van der Waals surface area contributed by atoms with Crippen molar-refractivity contribution in [3.63, 3.8) is 0 Å². The van der Waals surface area contributed by atoms with Crippen LogP contribution in [0.15, 0.2) is 91.0 Å². The predicted octanol–water partition coefficient (Wildman–Crippen LogP) is 7.87. The van der Waals surface area contributed by atoms with Crippen LogP contribution in [0.3, 0.4) is 0 Å². The van der Waals surface area contributed by atoms with Crippen molar-refractivity contribution in [1.29, 1.82) is 0 Å². The van der Waals surface area contributed by atoms with Gasteiger partial charge in [-0.05, 0) is 69.7 Å². The molecule has 0 aliphatic carbocycles. The molecule has 0 saturated heterocycles. The Kier molecular flexibility index (Phi) is 7.61. The highest BCUT2D eigenvalue weighted by Crippen LogP contribution is 2.53. The lowest BCUT2D eigenvalue weighted by Gasteiger charge is -2.33. The van der Waals surface area contributed by atoms with Gasteiger partial charge in [0.2, 0.25) is 0 Å². The molecule has 1 aliphatic heterocycles. The summed E-state index contributed by atoms with van der Waals surface area (Å²) in [5.74, 6) is 1.14. The van der Waals surface area contributed by atoms with E-state index in [2.05, 4.69) is 73.6 Å². The van der Waals surface area contributed by atoms with E-state index in [0.717, 1.165) is 69.9 Å². The molecule has 1 aromatic heterocycles. The number of esters is 1. The Balaban J connectivity index is 1.62. The van der Waals surface area contributed by atoms with Crippen molar-refractivity contribution in [2.45, 2.75) is 46.4 Å². The maximum Gasteiger partial charge on any atom is 0.340 e. The summed E-state index contributed by atoms with van der Waals surface area (Å²) >= 11 is 0. The molecular weight excluding hydrogens is 536 g/mol. The summed E-state index contributed by atoms with van der Waals surface area (Å²) in [5.41, 5.74) is 6.20. The van der Waals surface area contributed by atoms with Gasteiger partial charge < -0.3 is 23.7 Å². The first kappa shape index (κ1) is 28.4. The van der Waals surface area contributed by atoms with Gasteiger partial charge in [0.25, 0.3) is 0 Å². The second kappa shape index (κ2) is 11.5. The fraction of sp³-hybridized carbons (Fsp3) is 0.270. The van der Waals surface area contributed by atoms with Crippen molar-refractivity contribution in [3.05, 3.63) is 125 Å². The van der Waals surface area contributed by atoms with Crippen molar-refractivity contribution < 1.29 is 19.0 Å². The molecule has 0 bridgehead atoms. The summed E-state index contributed by atoms with van der Waals surface area (Å²) in [5, 5.41) is 1.06. The van der Waals surface area contributed by atoms with Crippen LogP contribution in [0.25, 0.3) is 10.9 Å². The second-order valence-corrected chi connectivity index (χ2v) is 10.8. The zero-order valence-electron chi connectivity index (χ0n) is 25.5. The Bertz CT molecular complexity index is 1790. The average Bonchev–Trinajstić information content (AvgIpc) is 3.51. The number of ether oxygens (including phenoxy) is 3. The first-order valence-corrected chi connectivity index (χ1v) is 15.0. The smallest absolute Gasteiger partial charge is 0.340 e. The molecule has 0 spiro atoms. The lowest BCUT2D eigenvalue weighted by molar-refractivity contribution is 0.0245. The molecule has 0 fully saturated rings. The number of cyclic esters (lactones) is 1. The van der Waals surface area contributed by atoms with E-state index in [0.29, 0.717) is 17.9 Å². The molecule has 6 heteroatoms. The molecule has 220 valence electrons. The van der Waals surface area contributed by atoms with Crippen molar-refractivity contribution in [3.8, 4) is 11.5 Å². The topological polar surface area (TPSA) is 52.9 Å². The Morgan fingerprint density at radius 1 is 0.860 bits per heavy atom. The highest BCUT2D eigenvalue weighted by atomic mass is 16.6. The van der Waals surface area contributed by atoms with E-state index in [1.54, 1.807) is 7.11 Å². The second-order valence-electron chi connectivity index (χ2n) is 10.8. The maximum atomic E-state index is 13.7.